The quantitative estimate of drug-likeness (QED) is 0.684. The van der Waals surface area contributed by atoms with Crippen LogP contribution in [0.3, 0.4) is 0 Å². The Bertz CT molecular complexity index is 491. The van der Waals surface area contributed by atoms with Gasteiger partial charge in [0.15, 0.2) is 0 Å². The average molecular weight is 236 g/mol. The van der Waals surface area contributed by atoms with Crippen molar-refractivity contribution in [3.8, 4) is 0 Å². The van der Waals surface area contributed by atoms with Crippen LogP contribution in [-0.2, 0) is 0 Å². The van der Waals surface area contributed by atoms with Gasteiger partial charge in [-0.3, -0.25) is 0 Å². The first-order valence-corrected chi connectivity index (χ1v) is 6.59. The van der Waals surface area contributed by atoms with E-state index in [-0.39, 0.29) is 0 Å². The molecule has 0 N–H and O–H groups in total. The van der Waals surface area contributed by atoms with Crippen molar-refractivity contribution in [2.24, 2.45) is 0 Å². The highest BCUT2D eigenvalue weighted by Crippen LogP contribution is 2.21. The maximum Gasteiger partial charge on any atom is 0.00186 e. The van der Waals surface area contributed by atoms with Crippen molar-refractivity contribution in [3.05, 3.63) is 77.4 Å². The van der Waals surface area contributed by atoms with Gasteiger partial charge in [-0.2, -0.15) is 0 Å². The predicted molar refractivity (Wildman–Crippen MR) is 79.7 cm³/mol. The third-order valence-corrected chi connectivity index (χ3v) is 3.27. The molecule has 18 heavy (non-hydrogen) atoms. The second-order valence-electron chi connectivity index (χ2n) is 4.70. The lowest BCUT2D eigenvalue weighted by atomic mass is 9.95. The van der Waals surface area contributed by atoms with Gasteiger partial charge in [0, 0.05) is 5.92 Å². The summed E-state index contributed by atoms with van der Waals surface area (Å²) in [6.07, 6.45) is 5.66. The molecule has 0 nitrogen and oxygen atoms in total. The van der Waals surface area contributed by atoms with Crippen LogP contribution in [0.2, 0.25) is 0 Å². The summed E-state index contributed by atoms with van der Waals surface area (Å²) in [6.45, 7) is 4.35. The molecule has 0 saturated heterocycles. The van der Waals surface area contributed by atoms with Crippen LogP contribution in [0, 0.1) is 6.92 Å². The van der Waals surface area contributed by atoms with Crippen LogP contribution >= 0.6 is 0 Å². The lowest BCUT2D eigenvalue weighted by Gasteiger charge is -2.10. The van der Waals surface area contributed by atoms with Gasteiger partial charge in [0.1, 0.15) is 0 Å². The van der Waals surface area contributed by atoms with E-state index in [1.165, 1.54) is 16.7 Å². The van der Waals surface area contributed by atoms with Gasteiger partial charge in [-0.25, -0.2) is 0 Å². The second kappa shape index (κ2) is 6.20. The summed E-state index contributed by atoms with van der Waals surface area (Å²) in [5.74, 6) is 0.507. The first kappa shape index (κ1) is 12.6. The topological polar surface area (TPSA) is 0 Å². The molecule has 2 aromatic rings. The lowest BCUT2D eigenvalue weighted by molar-refractivity contribution is 0.808. The van der Waals surface area contributed by atoms with Crippen molar-refractivity contribution >= 4 is 6.08 Å². The van der Waals surface area contributed by atoms with E-state index in [9.17, 15) is 0 Å². The Labute approximate surface area is 110 Å². The Kier molecular flexibility index (Phi) is 4.35. The molecule has 1 unspecified atom stereocenters. The molecule has 0 heterocycles. The molecule has 0 aliphatic rings. The molecule has 2 rings (SSSR count). The number of benzene rings is 2. The van der Waals surface area contributed by atoms with E-state index in [1.807, 2.05) is 0 Å². The number of hydrogen-bond donors (Lipinski definition) is 0. The minimum Gasteiger partial charge on any atom is -0.0764 e. The lowest BCUT2D eigenvalue weighted by Crippen LogP contribution is -1.92. The zero-order valence-corrected chi connectivity index (χ0v) is 11.1. The summed E-state index contributed by atoms with van der Waals surface area (Å²) >= 11 is 0. The van der Waals surface area contributed by atoms with Crippen molar-refractivity contribution in [3.63, 3.8) is 0 Å². The first-order chi connectivity index (χ1) is 8.79. The number of hydrogen-bond acceptors (Lipinski definition) is 0. The van der Waals surface area contributed by atoms with Crippen molar-refractivity contribution in [2.45, 2.75) is 26.2 Å². The smallest absolute Gasteiger partial charge is 0.00186 e. The Morgan fingerprint density at radius 1 is 0.944 bits per heavy atom. The maximum absolute atomic E-state index is 2.31. The van der Waals surface area contributed by atoms with Gasteiger partial charge >= 0.3 is 0 Å². The van der Waals surface area contributed by atoms with Crippen LogP contribution in [0.5, 0.6) is 0 Å². The zero-order valence-electron chi connectivity index (χ0n) is 11.1. The Morgan fingerprint density at radius 2 is 1.61 bits per heavy atom. The molecule has 0 bridgehead atoms. The fourth-order valence-electron chi connectivity index (χ4n) is 2.09. The van der Waals surface area contributed by atoms with Crippen molar-refractivity contribution < 1.29 is 0 Å². The second-order valence-corrected chi connectivity index (χ2v) is 4.70. The first-order valence-electron chi connectivity index (χ1n) is 6.59. The average Bonchev–Trinajstić information content (AvgIpc) is 2.43. The molecule has 92 valence electrons. The highest BCUT2D eigenvalue weighted by Gasteiger charge is 2.03. The normalized spacial score (nSPS) is 12.8. The zero-order chi connectivity index (χ0) is 12.8. The molecule has 0 aliphatic heterocycles. The van der Waals surface area contributed by atoms with Crippen LogP contribution in [0.15, 0.2) is 60.7 Å². The molecular formula is C18H20. The van der Waals surface area contributed by atoms with E-state index in [2.05, 4.69) is 80.6 Å². The van der Waals surface area contributed by atoms with E-state index in [1.54, 1.807) is 0 Å². The molecule has 0 aromatic heterocycles. The molecule has 0 saturated carbocycles. The number of allylic oxidation sites excluding steroid dienone is 1. The third-order valence-electron chi connectivity index (χ3n) is 3.27. The molecule has 0 amide bonds. The van der Waals surface area contributed by atoms with E-state index in [0.717, 1.165) is 6.42 Å². The predicted octanol–water partition coefficient (Wildman–Crippen LogP) is 5.20. The summed E-state index contributed by atoms with van der Waals surface area (Å²) in [6, 6.07) is 19.3. The third kappa shape index (κ3) is 3.33. The molecule has 2 aromatic carbocycles. The highest BCUT2D eigenvalue weighted by atomic mass is 14.1. The summed E-state index contributed by atoms with van der Waals surface area (Å²) in [4.78, 5) is 0. The van der Waals surface area contributed by atoms with E-state index in [0.29, 0.717) is 5.92 Å². The van der Waals surface area contributed by atoms with Gasteiger partial charge in [-0.1, -0.05) is 79.2 Å². The molecular weight excluding hydrogens is 216 g/mol. The van der Waals surface area contributed by atoms with Gasteiger partial charge in [-0.05, 0) is 24.5 Å². The minimum atomic E-state index is 0.507. The van der Waals surface area contributed by atoms with Gasteiger partial charge in [0.05, 0.1) is 0 Å². The monoisotopic (exact) mass is 236 g/mol. The van der Waals surface area contributed by atoms with Crippen LogP contribution in [0.4, 0.5) is 0 Å². The molecule has 0 heteroatoms. The van der Waals surface area contributed by atoms with Gasteiger partial charge in [0.2, 0.25) is 0 Å². The number of aryl methyl sites for hydroxylation is 1. The molecule has 0 radical (unpaired) electrons. The summed E-state index contributed by atoms with van der Waals surface area (Å²) in [7, 11) is 0. The molecule has 0 aliphatic carbocycles. The standard InChI is InChI=1S/C18H20/c1-3-17(18-7-5-4-6-8-18)14-13-16-11-9-15(2)10-12-16/h4-14,17H,3H2,1-2H3. The van der Waals surface area contributed by atoms with Crippen molar-refractivity contribution in [1.82, 2.24) is 0 Å². The largest absolute Gasteiger partial charge is 0.0764 e. The summed E-state index contributed by atoms with van der Waals surface area (Å²) in [5, 5.41) is 0. The van der Waals surface area contributed by atoms with Crippen molar-refractivity contribution in [2.75, 3.05) is 0 Å². The molecule has 0 fully saturated rings. The van der Waals surface area contributed by atoms with Gasteiger partial charge in [-0.15, -0.1) is 0 Å². The number of rotatable bonds is 4. The fraction of sp³-hybridized carbons (Fsp3) is 0.222. The fourth-order valence-corrected chi connectivity index (χ4v) is 2.09. The van der Waals surface area contributed by atoms with Crippen LogP contribution in [-0.4, -0.2) is 0 Å². The van der Waals surface area contributed by atoms with E-state index < -0.39 is 0 Å². The van der Waals surface area contributed by atoms with Crippen LogP contribution in [0.25, 0.3) is 6.08 Å². The van der Waals surface area contributed by atoms with Crippen LogP contribution < -0.4 is 0 Å². The Morgan fingerprint density at radius 3 is 2.22 bits per heavy atom. The molecule has 0 spiro atoms. The van der Waals surface area contributed by atoms with Crippen LogP contribution in [0.1, 0.15) is 36.0 Å². The summed E-state index contributed by atoms with van der Waals surface area (Å²) in [5.41, 5.74) is 3.97. The van der Waals surface area contributed by atoms with E-state index >= 15 is 0 Å². The van der Waals surface area contributed by atoms with Crippen molar-refractivity contribution in [1.29, 1.82) is 0 Å². The minimum absolute atomic E-state index is 0.507. The highest BCUT2D eigenvalue weighted by molar-refractivity contribution is 5.51. The van der Waals surface area contributed by atoms with E-state index in [4.69, 9.17) is 0 Å². The molecule has 1 atom stereocenters. The van der Waals surface area contributed by atoms with Gasteiger partial charge in [0.25, 0.3) is 0 Å². The summed E-state index contributed by atoms with van der Waals surface area (Å²) < 4.78 is 0. The Hall–Kier alpha value is -1.82. The SMILES string of the molecule is CCC(C=Cc1ccc(C)cc1)c1ccccc1. The maximum atomic E-state index is 2.31. The Balaban J connectivity index is 2.13. The van der Waals surface area contributed by atoms with Gasteiger partial charge < -0.3 is 0 Å².